The number of hydrogen-bond acceptors (Lipinski definition) is 4. The molecule has 1 aliphatic heterocycles. The van der Waals surface area contributed by atoms with Gasteiger partial charge >= 0.3 is 5.97 Å². The van der Waals surface area contributed by atoms with Crippen molar-refractivity contribution < 1.29 is 24.1 Å². The highest BCUT2D eigenvalue weighted by molar-refractivity contribution is 6.06. The van der Waals surface area contributed by atoms with Crippen molar-refractivity contribution in [3.05, 3.63) is 83.9 Å². The van der Waals surface area contributed by atoms with Crippen molar-refractivity contribution in [1.82, 2.24) is 14.8 Å². The SMILES string of the molecule is O=C(O)c1ccc(-c2c(C3(O)CCOCC3)n(-c3ccc(F)cc3)c3cc4cn[nH]c4cc23)cc1. The first-order valence-electron chi connectivity index (χ1n) is 11.4. The Morgan fingerprint density at radius 1 is 1.06 bits per heavy atom. The normalized spacial score (nSPS) is 15.6. The zero-order chi connectivity index (χ0) is 24.2. The fourth-order valence-electron chi connectivity index (χ4n) is 5.04. The summed E-state index contributed by atoms with van der Waals surface area (Å²) in [6.45, 7) is 0.813. The minimum Gasteiger partial charge on any atom is -0.478 e. The number of aromatic carboxylic acids is 1. The van der Waals surface area contributed by atoms with Crippen molar-refractivity contribution in [3.8, 4) is 16.8 Å². The number of carboxylic acids is 1. The van der Waals surface area contributed by atoms with E-state index in [4.69, 9.17) is 4.74 Å². The van der Waals surface area contributed by atoms with Crippen LogP contribution in [-0.4, -0.2) is 44.2 Å². The number of nitrogens with zero attached hydrogens (tertiary/aromatic N) is 2. The minimum atomic E-state index is -1.21. The summed E-state index contributed by atoms with van der Waals surface area (Å²) < 4.78 is 21.4. The third kappa shape index (κ3) is 3.50. The number of hydrogen-bond donors (Lipinski definition) is 3. The first kappa shape index (κ1) is 21.5. The first-order valence-corrected chi connectivity index (χ1v) is 11.4. The number of aromatic nitrogens is 3. The van der Waals surface area contributed by atoms with Crippen molar-refractivity contribution in [2.75, 3.05) is 13.2 Å². The highest BCUT2D eigenvalue weighted by Gasteiger charge is 2.39. The predicted molar refractivity (Wildman–Crippen MR) is 129 cm³/mol. The van der Waals surface area contributed by atoms with E-state index < -0.39 is 11.6 Å². The monoisotopic (exact) mass is 471 g/mol. The third-order valence-corrected chi connectivity index (χ3v) is 6.79. The molecule has 0 radical (unpaired) electrons. The zero-order valence-electron chi connectivity index (χ0n) is 18.7. The van der Waals surface area contributed by atoms with Crippen LogP contribution in [0, 0.1) is 5.82 Å². The summed E-state index contributed by atoms with van der Waals surface area (Å²) >= 11 is 0. The molecule has 7 nitrogen and oxygen atoms in total. The lowest BCUT2D eigenvalue weighted by molar-refractivity contribution is -0.0708. The third-order valence-electron chi connectivity index (χ3n) is 6.79. The van der Waals surface area contributed by atoms with E-state index in [-0.39, 0.29) is 11.4 Å². The molecule has 1 fully saturated rings. The van der Waals surface area contributed by atoms with Gasteiger partial charge in [-0.15, -0.1) is 0 Å². The van der Waals surface area contributed by atoms with Gasteiger partial charge in [0.1, 0.15) is 11.4 Å². The van der Waals surface area contributed by atoms with E-state index in [1.807, 2.05) is 16.7 Å². The Hall–Kier alpha value is -4.01. The average Bonchev–Trinajstić information content (AvgIpc) is 3.46. The van der Waals surface area contributed by atoms with Gasteiger partial charge in [0, 0.05) is 48.1 Å². The Balaban J connectivity index is 1.74. The maximum atomic E-state index is 13.9. The van der Waals surface area contributed by atoms with Gasteiger partial charge in [0.05, 0.1) is 28.5 Å². The summed E-state index contributed by atoms with van der Waals surface area (Å²) in [5, 5.41) is 30.3. The number of aliphatic hydroxyl groups is 1. The highest BCUT2D eigenvalue weighted by atomic mass is 19.1. The average molecular weight is 471 g/mol. The standard InChI is InChI=1S/C27H22FN3O4/c28-19-5-7-20(8-6-19)31-23-13-18-15-29-30-22(18)14-21(23)24(16-1-3-17(4-2-16)26(32)33)25(31)27(34)9-11-35-12-10-27/h1-8,13-15,34H,9-12H2,(H,29,30)(H,32,33). The quantitative estimate of drug-likeness (QED) is 0.342. The van der Waals surface area contributed by atoms with Gasteiger partial charge in [0.25, 0.3) is 0 Å². The number of carbonyl (C=O) groups is 1. The van der Waals surface area contributed by atoms with E-state index in [2.05, 4.69) is 10.2 Å². The molecular weight excluding hydrogens is 449 g/mol. The summed E-state index contributed by atoms with van der Waals surface area (Å²) in [5.41, 5.74) is 3.59. The number of nitrogens with one attached hydrogen (secondary N) is 1. The molecule has 0 bridgehead atoms. The zero-order valence-corrected chi connectivity index (χ0v) is 18.7. The van der Waals surface area contributed by atoms with Crippen LogP contribution in [0.15, 0.2) is 66.9 Å². The van der Waals surface area contributed by atoms with Crippen LogP contribution in [0.5, 0.6) is 0 Å². The van der Waals surface area contributed by atoms with Crippen LogP contribution in [0.4, 0.5) is 4.39 Å². The lowest BCUT2D eigenvalue weighted by Gasteiger charge is -2.34. The lowest BCUT2D eigenvalue weighted by Crippen LogP contribution is -2.35. The van der Waals surface area contributed by atoms with Gasteiger partial charge in [-0.25, -0.2) is 9.18 Å². The van der Waals surface area contributed by atoms with E-state index >= 15 is 0 Å². The molecule has 1 saturated heterocycles. The van der Waals surface area contributed by atoms with Gasteiger partial charge in [-0.1, -0.05) is 12.1 Å². The maximum absolute atomic E-state index is 13.9. The molecule has 0 atom stereocenters. The predicted octanol–water partition coefficient (Wildman–Crippen LogP) is 5.01. The number of fused-ring (bicyclic) bond motifs is 2. The van der Waals surface area contributed by atoms with Crippen LogP contribution in [-0.2, 0) is 10.3 Å². The van der Waals surface area contributed by atoms with Gasteiger partial charge in [0.15, 0.2) is 0 Å². The fourth-order valence-corrected chi connectivity index (χ4v) is 5.04. The summed E-state index contributed by atoms with van der Waals surface area (Å²) in [5.74, 6) is -1.36. The molecule has 2 aromatic heterocycles. The molecular formula is C27H22FN3O4. The van der Waals surface area contributed by atoms with Crippen molar-refractivity contribution >= 4 is 27.8 Å². The number of rotatable bonds is 4. The van der Waals surface area contributed by atoms with Crippen LogP contribution in [0.3, 0.4) is 0 Å². The van der Waals surface area contributed by atoms with Crippen molar-refractivity contribution in [1.29, 1.82) is 0 Å². The molecule has 176 valence electrons. The molecule has 6 rings (SSSR count). The molecule has 0 aliphatic carbocycles. The Morgan fingerprint density at radius 3 is 2.46 bits per heavy atom. The molecule has 8 heteroatoms. The second kappa shape index (κ2) is 8.04. The smallest absolute Gasteiger partial charge is 0.335 e. The van der Waals surface area contributed by atoms with Gasteiger partial charge in [-0.3, -0.25) is 5.10 Å². The summed E-state index contributed by atoms with van der Waals surface area (Å²) in [6, 6.07) is 16.8. The van der Waals surface area contributed by atoms with Crippen LogP contribution >= 0.6 is 0 Å². The Labute approximate surface area is 199 Å². The molecule has 35 heavy (non-hydrogen) atoms. The summed E-state index contributed by atoms with van der Waals surface area (Å²) in [6.07, 6.45) is 2.52. The molecule has 5 aromatic rings. The molecule has 1 aliphatic rings. The van der Waals surface area contributed by atoms with Crippen LogP contribution in [0.1, 0.15) is 28.9 Å². The molecule has 0 amide bonds. The molecule has 0 spiro atoms. The summed E-state index contributed by atoms with van der Waals surface area (Å²) in [4.78, 5) is 11.5. The first-order chi connectivity index (χ1) is 16.9. The van der Waals surface area contributed by atoms with Gasteiger partial charge in [0.2, 0.25) is 0 Å². The topological polar surface area (TPSA) is 100 Å². The highest BCUT2D eigenvalue weighted by Crippen LogP contribution is 2.46. The Morgan fingerprint density at radius 2 is 1.77 bits per heavy atom. The van der Waals surface area contributed by atoms with Gasteiger partial charge in [-0.2, -0.15) is 5.10 Å². The second-order valence-electron chi connectivity index (χ2n) is 8.89. The number of aromatic amines is 1. The van der Waals surface area contributed by atoms with Crippen molar-refractivity contribution in [3.63, 3.8) is 0 Å². The molecule has 3 heterocycles. The van der Waals surface area contributed by atoms with Gasteiger partial charge in [-0.05, 0) is 54.1 Å². The molecule has 0 saturated carbocycles. The number of ether oxygens (including phenoxy) is 1. The molecule has 3 aromatic carbocycles. The Kier molecular flexibility index (Phi) is 4.94. The van der Waals surface area contributed by atoms with E-state index in [1.54, 1.807) is 42.6 Å². The number of benzene rings is 3. The van der Waals surface area contributed by atoms with Crippen LogP contribution < -0.4 is 0 Å². The lowest BCUT2D eigenvalue weighted by atomic mass is 9.85. The van der Waals surface area contributed by atoms with E-state index in [0.29, 0.717) is 37.4 Å². The Bertz CT molecular complexity index is 1560. The largest absolute Gasteiger partial charge is 0.478 e. The van der Waals surface area contributed by atoms with Gasteiger partial charge < -0.3 is 19.5 Å². The maximum Gasteiger partial charge on any atom is 0.335 e. The van der Waals surface area contributed by atoms with Crippen molar-refractivity contribution in [2.45, 2.75) is 18.4 Å². The van der Waals surface area contributed by atoms with E-state index in [0.717, 1.165) is 32.9 Å². The fraction of sp³-hybridized carbons (Fsp3) is 0.185. The summed E-state index contributed by atoms with van der Waals surface area (Å²) in [7, 11) is 0. The van der Waals surface area contributed by atoms with Crippen molar-refractivity contribution in [2.24, 2.45) is 0 Å². The second-order valence-corrected chi connectivity index (χ2v) is 8.89. The van der Waals surface area contributed by atoms with Crippen LogP contribution in [0.25, 0.3) is 38.6 Å². The van der Waals surface area contributed by atoms with E-state index in [1.165, 1.54) is 12.1 Å². The molecule has 3 N–H and O–H groups in total. The molecule has 0 unspecified atom stereocenters. The van der Waals surface area contributed by atoms with E-state index in [9.17, 15) is 19.4 Å². The van der Waals surface area contributed by atoms with Crippen LogP contribution in [0.2, 0.25) is 0 Å². The number of halogens is 1. The number of carboxylic acid groups (broad SMARTS) is 1. The number of H-pyrrole nitrogens is 1. The minimum absolute atomic E-state index is 0.179.